The van der Waals surface area contributed by atoms with Crippen LogP contribution in [0.1, 0.15) is 57.9 Å². The van der Waals surface area contributed by atoms with Crippen LogP contribution in [0.25, 0.3) is 11.4 Å². The van der Waals surface area contributed by atoms with Gasteiger partial charge in [-0.3, -0.25) is 9.36 Å². The zero-order valence-electron chi connectivity index (χ0n) is 17.9. The van der Waals surface area contributed by atoms with Crippen LogP contribution in [0.15, 0.2) is 23.4 Å². The summed E-state index contributed by atoms with van der Waals surface area (Å²) in [5.41, 5.74) is 0.938. The molecule has 0 radical (unpaired) electrons. The van der Waals surface area contributed by atoms with E-state index in [2.05, 4.69) is 20.1 Å². The number of rotatable bonds is 8. The van der Waals surface area contributed by atoms with E-state index in [1.807, 2.05) is 25.1 Å². The van der Waals surface area contributed by atoms with Crippen molar-refractivity contribution >= 4 is 17.7 Å². The number of carbonyl (C=O) groups is 1. The summed E-state index contributed by atoms with van der Waals surface area (Å²) < 4.78 is 13.1. The van der Waals surface area contributed by atoms with E-state index >= 15 is 0 Å². The summed E-state index contributed by atoms with van der Waals surface area (Å²) in [5, 5.41) is 12.7. The first-order chi connectivity index (χ1) is 14.6. The average molecular weight is 431 g/mol. The lowest BCUT2D eigenvalue weighted by molar-refractivity contribution is -0.120. The second kappa shape index (κ2) is 9.29. The standard InChI is InChI=1S/C22H30N4O3S/c1-14(21(27)23-16-10-11-16)30-22-25-24-20(26(22)17-7-5-4-6-8-17)15-9-12-18(28-2)19(13-15)29-3/h9,12-14,16-17H,4-8,10-11H2,1-3H3,(H,23,27). The van der Waals surface area contributed by atoms with E-state index in [0.717, 1.165) is 42.2 Å². The number of hydrogen-bond acceptors (Lipinski definition) is 6. The maximum absolute atomic E-state index is 12.5. The lowest BCUT2D eigenvalue weighted by Crippen LogP contribution is -2.32. The van der Waals surface area contributed by atoms with Crippen molar-refractivity contribution in [2.24, 2.45) is 0 Å². The van der Waals surface area contributed by atoms with E-state index in [4.69, 9.17) is 9.47 Å². The van der Waals surface area contributed by atoms with Crippen LogP contribution in [0, 0.1) is 0 Å². The second-order valence-electron chi connectivity index (χ2n) is 8.08. The van der Waals surface area contributed by atoms with Gasteiger partial charge < -0.3 is 14.8 Å². The maximum Gasteiger partial charge on any atom is 0.233 e. The summed E-state index contributed by atoms with van der Waals surface area (Å²) in [4.78, 5) is 12.5. The molecule has 0 aliphatic heterocycles. The second-order valence-corrected chi connectivity index (χ2v) is 9.39. The smallest absolute Gasteiger partial charge is 0.233 e. The van der Waals surface area contributed by atoms with E-state index in [0.29, 0.717) is 23.6 Å². The third kappa shape index (κ3) is 4.58. The Morgan fingerprint density at radius 3 is 2.50 bits per heavy atom. The molecule has 162 valence electrons. The zero-order chi connectivity index (χ0) is 21.1. The van der Waals surface area contributed by atoms with E-state index in [-0.39, 0.29) is 11.2 Å². The number of carbonyl (C=O) groups excluding carboxylic acids is 1. The number of nitrogens with one attached hydrogen (secondary N) is 1. The van der Waals surface area contributed by atoms with Gasteiger partial charge in [-0.15, -0.1) is 10.2 Å². The minimum atomic E-state index is -0.213. The molecule has 1 aromatic carbocycles. The number of hydrogen-bond donors (Lipinski definition) is 1. The van der Waals surface area contributed by atoms with Crippen molar-refractivity contribution < 1.29 is 14.3 Å². The highest BCUT2D eigenvalue weighted by molar-refractivity contribution is 8.00. The Bertz CT molecular complexity index is 891. The predicted molar refractivity (Wildman–Crippen MR) is 117 cm³/mol. The molecule has 0 bridgehead atoms. The Balaban J connectivity index is 1.65. The van der Waals surface area contributed by atoms with Gasteiger partial charge in [-0.25, -0.2) is 0 Å². The summed E-state index contributed by atoms with van der Waals surface area (Å²) in [5.74, 6) is 2.25. The molecular formula is C22H30N4O3S. The number of benzene rings is 1. The summed E-state index contributed by atoms with van der Waals surface area (Å²) in [7, 11) is 3.26. The molecule has 1 amide bonds. The van der Waals surface area contributed by atoms with Crippen LogP contribution in [0.5, 0.6) is 11.5 Å². The third-order valence-corrected chi connectivity index (χ3v) is 6.88. The van der Waals surface area contributed by atoms with E-state index < -0.39 is 0 Å². The fourth-order valence-electron chi connectivity index (χ4n) is 3.96. The van der Waals surface area contributed by atoms with Crippen molar-refractivity contribution in [3.8, 4) is 22.9 Å². The minimum absolute atomic E-state index is 0.0772. The van der Waals surface area contributed by atoms with E-state index in [1.165, 1.54) is 31.0 Å². The van der Waals surface area contributed by atoms with Gasteiger partial charge in [-0.1, -0.05) is 31.0 Å². The lowest BCUT2D eigenvalue weighted by atomic mass is 9.95. The summed E-state index contributed by atoms with van der Waals surface area (Å²) in [6, 6.07) is 6.53. The van der Waals surface area contributed by atoms with Gasteiger partial charge in [0.25, 0.3) is 0 Å². The highest BCUT2D eigenvalue weighted by Gasteiger charge is 2.29. The quantitative estimate of drug-likeness (QED) is 0.632. The van der Waals surface area contributed by atoms with Gasteiger partial charge >= 0.3 is 0 Å². The van der Waals surface area contributed by atoms with E-state index in [9.17, 15) is 4.79 Å². The molecule has 0 saturated heterocycles. The molecule has 0 spiro atoms. The predicted octanol–water partition coefficient (Wildman–Crippen LogP) is 4.23. The maximum atomic E-state index is 12.5. The molecular weight excluding hydrogens is 400 g/mol. The van der Waals surface area contributed by atoms with Crippen LogP contribution in [0.3, 0.4) is 0 Å². The largest absolute Gasteiger partial charge is 0.493 e. The Hall–Kier alpha value is -2.22. The van der Waals surface area contributed by atoms with Gasteiger partial charge in [-0.05, 0) is 50.8 Å². The average Bonchev–Trinajstić information content (AvgIpc) is 3.50. The van der Waals surface area contributed by atoms with Crippen molar-refractivity contribution in [1.29, 1.82) is 0 Å². The molecule has 1 N–H and O–H groups in total. The number of thioether (sulfide) groups is 1. The Morgan fingerprint density at radius 1 is 1.10 bits per heavy atom. The molecule has 2 aliphatic rings. The van der Waals surface area contributed by atoms with Gasteiger partial charge in [0.15, 0.2) is 22.5 Å². The van der Waals surface area contributed by atoms with Crippen molar-refractivity contribution in [3.63, 3.8) is 0 Å². The number of amides is 1. The highest BCUT2D eigenvalue weighted by Crippen LogP contribution is 2.38. The number of nitrogens with zero attached hydrogens (tertiary/aromatic N) is 3. The molecule has 2 saturated carbocycles. The SMILES string of the molecule is COc1ccc(-c2nnc(SC(C)C(=O)NC3CC3)n2C2CCCCC2)cc1OC. The molecule has 1 unspecified atom stereocenters. The van der Waals surface area contributed by atoms with Crippen LogP contribution < -0.4 is 14.8 Å². The van der Waals surface area contributed by atoms with E-state index in [1.54, 1.807) is 14.2 Å². The van der Waals surface area contributed by atoms with Crippen molar-refractivity contribution in [2.75, 3.05) is 14.2 Å². The lowest BCUT2D eigenvalue weighted by Gasteiger charge is -2.26. The van der Waals surface area contributed by atoms with Gasteiger partial charge in [0.1, 0.15) is 0 Å². The van der Waals surface area contributed by atoms with Crippen molar-refractivity contribution in [3.05, 3.63) is 18.2 Å². The number of aromatic nitrogens is 3. The van der Waals surface area contributed by atoms with Crippen LogP contribution >= 0.6 is 11.8 Å². The van der Waals surface area contributed by atoms with Crippen LogP contribution in [-0.4, -0.2) is 46.2 Å². The van der Waals surface area contributed by atoms with Crippen LogP contribution in [0.2, 0.25) is 0 Å². The fourth-order valence-corrected chi connectivity index (χ4v) is 4.88. The first-order valence-corrected chi connectivity index (χ1v) is 11.6. The fraction of sp³-hybridized carbons (Fsp3) is 0.591. The first kappa shape index (κ1) is 21.0. The molecule has 4 rings (SSSR count). The molecule has 2 fully saturated rings. The van der Waals surface area contributed by atoms with Gasteiger partial charge in [0.2, 0.25) is 5.91 Å². The molecule has 1 atom stereocenters. The minimum Gasteiger partial charge on any atom is -0.493 e. The Morgan fingerprint density at radius 2 is 1.83 bits per heavy atom. The normalized spacial score (nSPS) is 18.1. The Kier molecular flexibility index (Phi) is 6.51. The molecule has 30 heavy (non-hydrogen) atoms. The molecule has 2 aliphatic carbocycles. The number of methoxy groups -OCH3 is 2. The Labute approximate surface area is 181 Å². The highest BCUT2D eigenvalue weighted by atomic mass is 32.2. The summed E-state index contributed by atoms with van der Waals surface area (Å²) >= 11 is 1.50. The molecule has 1 aromatic heterocycles. The van der Waals surface area contributed by atoms with Crippen molar-refractivity contribution in [1.82, 2.24) is 20.1 Å². The van der Waals surface area contributed by atoms with Crippen molar-refractivity contribution in [2.45, 2.75) is 74.4 Å². The zero-order valence-corrected chi connectivity index (χ0v) is 18.7. The van der Waals surface area contributed by atoms with Crippen LogP contribution in [0.4, 0.5) is 0 Å². The summed E-state index contributed by atoms with van der Waals surface area (Å²) in [6.45, 7) is 1.94. The number of ether oxygens (including phenoxy) is 2. The van der Waals surface area contributed by atoms with Gasteiger partial charge in [-0.2, -0.15) is 0 Å². The molecule has 8 heteroatoms. The molecule has 7 nitrogen and oxygen atoms in total. The molecule has 1 heterocycles. The van der Waals surface area contributed by atoms with Gasteiger partial charge in [0, 0.05) is 17.6 Å². The monoisotopic (exact) mass is 430 g/mol. The first-order valence-electron chi connectivity index (χ1n) is 10.7. The topological polar surface area (TPSA) is 78.3 Å². The van der Waals surface area contributed by atoms with Gasteiger partial charge in [0.05, 0.1) is 19.5 Å². The van der Waals surface area contributed by atoms with Crippen LogP contribution in [-0.2, 0) is 4.79 Å². The molecule has 2 aromatic rings. The summed E-state index contributed by atoms with van der Waals surface area (Å²) in [6.07, 6.45) is 8.07. The third-order valence-electron chi connectivity index (χ3n) is 5.82.